The SMILES string of the molecule is COc1ccc(NC(C(=O)Nc2ccc(F)cc2)c2ccccc2)cc1. The molecule has 0 saturated heterocycles. The topological polar surface area (TPSA) is 50.4 Å². The van der Waals surface area contributed by atoms with Crippen LogP contribution >= 0.6 is 0 Å². The average molecular weight is 350 g/mol. The van der Waals surface area contributed by atoms with Crippen LogP contribution in [-0.4, -0.2) is 13.0 Å². The lowest BCUT2D eigenvalue weighted by atomic mass is 10.1. The maximum Gasteiger partial charge on any atom is 0.251 e. The Morgan fingerprint density at radius 3 is 2.12 bits per heavy atom. The van der Waals surface area contributed by atoms with E-state index in [1.165, 1.54) is 24.3 Å². The zero-order chi connectivity index (χ0) is 18.4. The molecule has 0 radical (unpaired) electrons. The van der Waals surface area contributed by atoms with Crippen LogP contribution in [0.4, 0.5) is 15.8 Å². The zero-order valence-electron chi connectivity index (χ0n) is 14.3. The van der Waals surface area contributed by atoms with Crippen molar-refractivity contribution in [1.29, 1.82) is 0 Å². The summed E-state index contributed by atoms with van der Waals surface area (Å²) in [5.41, 5.74) is 2.14. The van der Waals surface area contributed by atoms with Crippen molar-refractivity contribution in [2.75, 3.05) is 17.7 Å². The Labute approximate surface area is 151 Å². The highest BCUT2D eigenvalue weighted by molar-refractivity contribution is 5.97. The number of anilines is 2. The Balaban J connectivity index is 1.82. The molecule has 0 fully saturated rings. The molecule has 2 N–H and O–H groups in total. The van der Waals surface area contributed by atoms with Crippen molar-refractivity contribution in [3.05, 3.63) is 90.2 Å². The molecule has 3 aromatic rings. The molecule has 3 rings (SSSR count). The molecule has 5 heteroatoms. The maximum absolute atomic E-state index is 13.1. The fraction of sp³-hybridized carbons (Fsp3) is 0.0952. The average Bonchev–Trinajstić information content (AvgIpc) is 2.69. The van der Waals surface area contributed by atoms with Gasteiger partial charge in [0.1, 0.15) is 17.6 Å². The standard InChI is InChI=1S/C21H19FN2O2/c1-26-19-13-11-17(12-14-19)23-20(15-5-3-2-4-6-15)21(25)24-18-9-7-16(22)8-10-18/h2-14,20,23H,1H3,(H,24,25). The van der Waals surface area contributed by atoms with E-state index in [4.69, 9.17) is 4.74 Å². The Bertz CT molecular complexity index is 849. The minimum absolute atomic E-state index is 0.237. The van der Waals surface area contributed by atoms with Gasteiger partial charge in [0.05, 0.1) is 7.11 Å². The Morgan fingerprint density at radius 1 is 0.885 bits per heavy atom. The lowest BCUT2D eigenvalue weighted by Gasteiger charge is -2.20. The summed E-state index contributed by atoms with van der Waals surface area (Å²) in [7, 11) is 1.60. The van der Waals surface area contributed by atoms with Gasteiger partial charge in [-0.1, -0.05) is 30.3 Å². The monoisotopic (exact) mass is 350 g/mol. The smallest absolute Gasteiger partial charge is 0.251 e. The van der Waals surface area contributed by atoms with Crippen molar-refractivity contribution < 1.29 is 13.9 Å². The van der Waals surface area contributed by atoms with E-state index < -0.39 is 6.04 Å². The van der Waals surface area contributed by atoms with Crippen molar-refractivity contribution >= 4 is 17.3 Å². The summed E-state index contributed by atoms with van der Waals surface area (Å²) in [6.07, 6.45) is 0. The molecule has 0 aliphatic rings. The Kier molecular flexibility index (Phi) is 5.49. The quantitative estimate of drug-likeness (QED) is 0.682. The predicted molar refractivity (Wildman–Crippen MR) is 101 cm³/mol. The summed E-state index contributed by atoms with van der Waals surface area (Å²) >= 11 is 0. The van der Waals surface area contributed by atoms with Crippen LogP contribution in [0.25, 0.3) is 0 Å². The van der Waals surface area contributed by atoms with Crippen LogP contribution in [0.3, 0.4) is 0 Å². The minimum atomic E-state index is -0.602. The third kappa shape index (κ3) is 4.39. The van der Waals surface area contributed by atoms with Crippen LogP contribution in [0.2, 0.25) is 0 Å². The van der Waals surface area contributed by atoms with Crippen molar-refractivity contribution in [2.24, 2.45) is 0 Å². The number of carbonyl (C=O) groups is 1. The summed E-state index contributed by atoms with van der Waals surface area (Å²) in [4.78, 5) is 12.8. The number of ether oxygens (including phenoxy) is 1. The molecule has 0 aliphatic carbocycles. The van der Waals surface area contributed by atoms with Gasteiger partial charge in [-0.3, -0.25) is 4.79 Å². The second kappa shape index (κ2) is 8.16. The van der Waals surface area contributed by atoms with Crippen LogP contribution < -0.4 is 15.4 Å². The number of hydrogen-bond donors (Lipinski definition) is 2. The van der Waals surface area contributed by atoms with Gasteiger partial charge in [-0.2, -0.15) is 0 Å². The van der Waals surface area contributed by atoms with Crippen LogP contribution in [0.1, 0.15) is 11.6 Å². The summed E-state index contributed by atoms with van der Waals surface area (Å²) < 4.78 is 18.2. The lowest BCUT2D eigenvalue weighted by molar-refractivity contribution is -0.117. The normalized spacial score (nSPS) is 11.5. The zero-order valence-corrected chi connectivity index (χ0v) is 14.3. The maximum atomic E-state index is 13.1. The first-order valence-corrected chi connectivity index (χ1v) is 8.17. The number of benzene rings is 3. The lowest BCUT2D eigenvalue weighted by Crippen LogP contribution is -2.27. The molecule has 0 aromatic heterocycles. The molecule has 0 heterocycles. The molecule has 0 aliphatic heterocycles. The number of carbonyl (C=O) groups excluding carboxylic acids is 1. The molecular weight excluding hydrogens is 331 g/mol. The number of rotatable bonds is 6. The number of hydrogen-bond acceptors (Lipinski definition) is 3. The van der Waals surface area contributed by atoms with Crippen molar-refractivity contribution in [3.8, 4) is 5.75 Å². The molecular formula is C21H19FN2O2. The molecule has 0 saturated carbocycles. The minimum Gasteiger partial charge on any atom is -0.497 e. The van der Waals surface area contributed by atoms with Gasteiger partial charge >= 0.3 is 0 Å². The fourth-order valence-corrected chi connectivity index (χ4v) is 2.55. The molecule has 4 nitrogen and oxygen atoms in total. The van der Waals surface area contributed by atoms with E-state index in [9.17, 15) is 9.18 Å². The van der Waals surface area contributed by atoms with Gasteiger partial charge in [0.15, 0.2) is 0 Å². The highest BCUT2D eigenvalue weighted by atomic mass is 19.1. The number of amides is 1. The molecule has 0 bridgehead atoms. The third-order valence-corrected chi connectivity index (χ3v) is 3.91. The predicted octanol–water partition coefficient (Wildman–Crippen LogP) is 4.63. The highest BCUT2D eigenvalue weighted by Crippen LogP contribution is 2.23. The molecule has 0 spiro atoms. The van der Waals surface area contributed by atoms with Gasteiger partial charge in [0, 0.05) is 11.4 Å². The third-order valence-electron chi connectivity index (χ3n) is 3.91. The summed E-state index contributed by atoms with van der Waals surface area (Å²) in [5.74, 6) is 0.153. The summed E-state index contributed by atoms with van der Waals surface area (Å²) in [6, 6.07) is 21.8. The first kappa shape index (κ1) is 17.5. The van der Waals surface area contributed by atoms with E-state index in [-0.39, 0.29) is 11.7 Å². The molecule has 26 heavy (non-hydrogen) atoms. The van der Waals surface area contributed by atoms with E-state index in [1.807, 2.05) is 54.6 Å². The van der Waals surface area contributed by atoms with Crippen molar-refractivity contribution in [1.82, 2.24) is 0 Å². The molecule has 1 unspecified atom stereocenters. The largest absolute Gasteiger partial charge is 0.497 e. The van der Waals surface area contributed by atoms with Crippen LogP contribution in [0.15, 0.2) is 78.9 Å². The van der Waals surface area contributed by atoms with Crippen LogP contribution in [-0.2, 0) is 4.79 Å². The van der Waals surface area contributed by atoms with Gasteiger partial charge in [-0.15, -0.1) is 0 Å². The first-order valence-electron chi connectivity index (χ1n) is 8.17. The van der Waals surface area contributed by atoms with E-state index in [0.717, 1.165) is 17.0 Å². The van der Waals surface area contributed by atoms with Crippen LogP contribution in [0.5, 0.6) is 5.75 Å². The van der Waals surface area contributed by atoms with Gasteiger partial charge < -0.3 is 15.4 Å². The Morgan fingerprint density at radius 2 is 1.50 bits per heavy atom. The molecule has 1 atom stereocenters. The van der Waals surface area contributed by atoms with E-state index in [1.54, 1.807) is 7.11 Å². The first-order chi connectivity index (χ1) is 12.7. The van der Waals surface area contributed by atoms with Gasteiger partial charge in [-0.25, -0.2) is 4.39 Å². The van der Waals surface area contributed by atoms with Crippen molar-refractivity contribution in [2.45, 2.75) is 6.04 Å². The van der Waals surface area contributed by atoms with Gasteiger partial charge in [-0.05, 0) is 54.1 Å². The van der Waals surface area contributed by atoms with Gasteiger partial charge in [0.25, 0.3) is 5.91 Å². The summed E-state index contributed by atoms with van der Waals surface area (Å²) in [6.45, 7) is 0. The number of halogens is 1. The molecule has 3 aromatic carbocycles. The highest BCUT2D eigenvalue weighted by Gasteiger charge is 2.20. The fourth-order valence-electron chi connectivity index (χ4n) is 2.55. The molecule has 1 amide bonds. The van der Waals surface area contributed by atoms with E-state index >= 15 is 0 Å². The second-order valence-corrected chi connectivity index (χ2v) is 5.71. The summed E-state index contributed by atoms with van der Waals surface area (Å²) in [5, 5.41) is 6.05. The van der Waals surface area contributed by atoms with Crippen LogP contribution in [0, 0.1) is 5.82 Å². The number of nitrogens with one attached hydrogen (secondary N) is 2. The second-order valence-electron chi connectivity index (χ2n) is 5.71. The van der Waals surface area contributed by atoms with Crippen molar-refractivity contribution in [3.63, 3.8) is 0 Å². The van der Waals surface area contributed by atoms with E-state index in [2.05, 4.69) is 10.6 Å². The Hall–Kier alpha value is -3.34. The number of methoxy groups -OCH3 is 1. The van der Waals surface area contributed by atoms with E-state index in [0.29, 0.717) is 5.69 Å². The molecule has 132 valence electrons. The van der Waals surface area contributed by atoms with Gasteiger partial charge in [0.2, 0.25) is 0 Å².